The summed E-state index contributed by atoms with van der Waals surface area (Å²) in [5, 5.41) is 12.7. The fraction of sp³-hybridized carbons (Fsp3) is 0.0625. The van der Waals surface area contributed by atoms with E-state index in [-0.39, 0.29) is 11.4 Å². The Morgan fingerprint density at radius 1 is 1.23 bits per heavy atom. The van der Waals surface area contributed by atoms with Crippen LogP contribution < -0.4 is 15.0 Å². The van der Waals surface area contributed by atoms with Gasteiger partial charge in [0, 0.05) is 6.07 Å². The van der Waals surface area contributed by atoms with Crippen molar-refractivity contribution in [2.45, 2.75) is 0 Å². The van der Waals surface area contributed by atoms with E-state index >= 15 is 0 Å². The minimum atomic E-state index is -0.932. The number of furan rings is 1. The Balaban J connectivity index is 1.99. The molecule has 0 radical (unpaired) electrons. The number of nitrogens with zero attached hydrogens (tertiary/aromatic N) is 2. The number of ether oxygens (including phenoxy) is 1. The Labute approximate surface area is 145 Å². The molecule has 0 bridgehead atoms. The highest BCUT2D eigenvalue weighted by molar-refractivity contribution is 6.39. The van der Waals surface area contributed by atoms with Crippen molar-refractivity contribution in [2.24, 2.45) is 0 Å². The smallest absolute Gasteiger partial charge is 0.433 e. The highest BCUT2D eigenvalue weighted by atomic mass is 16.6. The Morgan fingerprint density at radius 2 is 2.00 bits per heavy atom. The second-order valence-corrected chi connectivity index (χ2v) is 5.09. The van der Waals surface area contributed by atoms with E-state index in [4.69, 9.17) is 9.15 Å². The zero-order valence-electron chi connectivity index (χ0n) is 13.3. The van der Waals surface area contributed by atoms with Gasteiger partial charge in [-0.3, -0.25) is 25.0 Å². The van der Waals surface area contributed by atoms with Gasteiger partial charge < -0.3 is 9.15 Å². The molecule has 0 unspecified atom stereocenters. The molecule has 0 spiro atoms. The van der Waals surface area contributed by atoms with Crippen molar-refractivity contribution in [3.8, 4) is 5.75 Å². The first-order chi connectivity index (χ1) is 12.4. The lowest BCUT2D eigenvalue weighted by molar-refractivity contribution is -0.402. The van der Waals surface area contributed by atoms with Gasteiger partial charge in [0.2, 0.25) is 0 Å². The number of carbonyl (C=O) groups is 3. The van der Waals surface area contributed by atoms with Crippen LogP contribution in [-0.2, 0) is 9.59 Å². The van der Waals surface area contributed by atoms with Gasteiger partial charge in [0.1, 0.15) is 22.0 Å². The standard InChI is InChI=1S/C16H11N3O7/c1-25-10-4-2-3-9(7-10)18-15(21)12(14(20)17-16(18)22)8-11-5-6-13(26-11)19(23)24/h2-8H,1H3,(H,17,20,22)/b12-8+. The molecule has 0 atom stereocenters. The van der Waals surface area contributed by atoms with Crippen molar-refractivity contribution in [3.05, 3.63) is 57.8 Å². The number of rotatable bonds is 4. The summed E-state index contributed by atoms with van der Waals surface area (Å²) in [6, 6.07) is 7.54. The molecule has 2 aromatic rings. The predicted molar refractivity (Wildman–Crippen MR) is 87.4 cm³/mol. The SMILES string of the molecule is COc1cccc(N2C(=O)NC(=O)/C(=C\c3ccc([N+](=O)[O-])o3)C2=O)c1. The van der Waals surface area contributed by atoms with Crippen LogP contribution in [0.1, 0.15) is 5.76 Å². The number of nitro groups is 1. The molecule has 1 aromatic carbocycles. The highest BCUT2D eigenvalue weighted by Crippen LogP contribution is 2.26. The van der Waals surface area contributed by atoms with Gasteiger partial charge >= 0.3 is 11.9 Å². The molecule has 10 nitrogen and oxygen atoms in total. The lowest BCUT2D eigenvalue weighted by Gasteiger charge is -2.26. The van der Waals surface area contributed by atoms with E-state index in [0.717, 1.165) is 17.0 Å². The normalized spacial score (nSPS) is 16.0. The molecule has 132 valence electrons. The van der Waals surface area contributed by atoms with Crippen LogP contribution in [0, 0.1) is 10.1 Å². The van der Waals surface area contributed by atoms with E-state index in [9.17, 15) is 24.5 Å². The number of methoxy groups -OCH3 is 1. The van der Waals surface area contributed by atoms with Crippen molar-refractivity contribution in [1.29, 1.82) is 0 Å². The van der Waals surface area contributed by atoms with Crippen molar-refractivity contribution in [2.75, 3.05) is 12.0 Å². The molecule has 1 saturated heterocycles. The average molecular weight is 357 g/mol. The van der Waals surface area contributed by atoms with Crippen molar-refractivity contribution in [3.63, 3.8) is 0 Å². The molecule has 1 fully saturated rings. The molecule has 1 aliphatic rings. The van der Waals surface area contributed by atoms with E-state index in [1.165, 1.54) is 25.3 Å². The summed E-state index contributed by atoms with van der Waals surface area (Å²) >= 11 is 0. The summed E-state index contributed by atoms with van der Waals surface area (Å²) in [7, 11) is 1.43. The second kappa shape index (κ2) is 6.51. The molecular weight excluding hydrogens is 346 g/mol. The van der Waals surface area contributed by atoms with Crippen LogP contribution in [0.25, 0.3) is 6.08 Å². The molecule has 1 aliphatic heterocycles. The Morgan fingerprint density at radius 3 is 2.65 bits per heavy atom. The van der Waals surface area contributed by atoms with Gasteiger partial charge in [0.25, 0.3) is 11.8 Å². The lowest BCUT2D eigenvalue weighted by atomic mass is 10.1. The first kappa shape index (κ1) is 16.9. The van der Waals surface area contributed by atoms with Gasteiger partial charge in [-0.25, -0.2) is 9.69 Å². The van der Waals surface area contributed by atoms with Crippen LogP contribution in [0.2, 0.25) is 0 Å². The summed E-state index contributed by atoms with van der Waals surface area (Å²) in [5.74, 6) is -2.03. The lowest BCUT2D eigenvalue weighted by Crippen LogP contribution is -2.54. The summed E-state index contributed by atoms with van der Waals surface area (Å²) in [6.07, 6.45) is 1.03. The largest absolute Gasteiger partial charge is 0.497 e. The number of barbiturate groups is 1. The van der Waals surface area contributed by atoms with E-state index in [1.54, 1.807) is 12.1 Å². The molecule has 10 heteroatoms. The molecule has 1 N–H and O–H groups in total. The zero-order valence-corrected chi connectivity index (χ0v) is 13.3. The van der Waals surface area contributed by atoms with E-state index in [1.807, 2.05) is 5.32 Å². The Bertz CT molecular complexity index is 960. The number of anilines is 1. The van der Waals surface area contributed by atoms with Gasteiger partial charge in [-0.05, 0) is 24.3 Å². The van der Waals surface area contributed by atoms with Crippen molar-refractivity contribution < 1.29 is 28.5 Å². The van der Waals surface area contributed by atoms with Crippen LogP contribution in [0.3, 0.4) is 0 Å². The number of nitrogens with one attached hydrogen (secondary N) is 1. The maximum Gasteiger partial charge on any atom is 0.433 e. The van der Waals surface area contributed by atoms with E-state index < -0.39 is 34.2 Å². The fourth-order valence-electron chi connectivity index (χ4n) is 2.30. The number of hydrogen-bond acceptors (Lipinski definition) is 7. The zero-order chi connectivity index (χ0) is 18.8. The third-order valence-electron chi connectivity index (χ3n) is 3.49. The first-order valence-electron chi connectivity index (χ1n) is 7.20. The molecule has 0 aliphatic carbocycles. The number of amides is 4. The predicted octanol–water partition coefficient (Wildman–Crippen LogP) is 1.86. The number of imide groups is 2. The first-order valence-corrected chi connectivity index (χ1v) is 7.20. The van der Waals surface area contributed by atoms with Gasteiger partial charge in [0.05, 0.1) is 18.9 Å². The van der Waals surface area contributed by atoms with Gasteiger partial charge in [-0.2, -0.15) is 0 Å². The third-order valence-corrected chi connectivity index (χ3v) is 3.49. The Hall–Kier alpha value is -3.95. The summed E-state index contributed by atoms with van der Waals surface area (Å²) in [5.41, 5.74) is -0.215. The van der Waals surface area contributed by atoms with Crippen LogP contribution in [0.15, 0.2) is 46.4 Å². The minimum Gasteiger partial charge on any atom is -0.497 e. The van der Waals surface area contributed by atoms with Gasteiger partial charge in [0.15, 0.2) is 0 Å². The number of urea groups is 1. The third kappa shape index (κ3) is 3.02. The average Bonchev–Trinajstić information content (AvgIpc) is 3.08. The molecule has 4 amide bonds. The molecule has 0 saturated carbocycles. The van der Waals surface area contributed by atoms with Crippen LogP contribution >= 0.6 is 0 Å². The molecular formula is C16H11N3O7. The van der Waals surface area contributed by atoms with Crippen LogP contribution in [-0.4, -0.2) is 29.9 Å². The summed E-state index contributed by atoms with van der Waals surface area (Å²) in [6.45, 7) is 0. The summed E-state index contributed by atoms with van der Waals surface area (Å²) < 4.78 is 9.97. The van der Waals surface area contributed by atoms with E-state index in [2.05, 4.69) is 0 Å². The number of benzene rings is 1. The van der Waals surface area contributed by atoms with Gasteiger partial charge in [-0.15, -0.1) is 0 Å². The van der Waals surface area contributed by atoms with Crippen molar-refractivity contribution in [1.82, 2.24) is 5.32 Å². The van der Waals surface area contributed by atoms with Gasteiger partial charge in [-0.1, -0.05) is 6.07 Å². The molecule has 26 heavy (non-hydrogen) atoms. The fourth-order valence-corrected chi connectivity index (χ4v) is 2.30. The molecule has 1 aromatic heterocycles. The van der Waals surface area contributed by atoms with E-state index in [0.29, 0.717) is 5.75 Å². The van der Waals surface area contributed by atoms with Crippen molar-refractivity contribution >= 4 is 35.5 Å². The topological polar surface area (TPSA) is 132 Å². The summed E-state index contributed by atoms with van der Waals surface area (Å²) in [4.78, 5) is 47.4. The monoisotopic (exact) mass is 357 g/mol. The number of hydrogen-bond donors (Lipinski definition) is 1. The second-order valence-electron chi connectivity index (χ2n) is 5.09. The molecule has 3 rings (SSSR count). The maximum atomic E-state index is 12.7. The minimum absolute atomic E-state index is 0.0739. The highest BCUT2D eigenvalue weighted by Gasteiger charge is 2.37. The molecule has 2 heterocycles. The number of carbonyl (C=O) groups excluding carboxylic acids is 3. The van der Waals surface area contributed by atoms with Crippen LogP contribution in [0.4, 0.5) is 16.4 Å². The van der Waals surface area contributed by atoms with Crippen LogP contribution in [0.5, 0.6) is 5.75 Å². The Kier molecular flexibility index (Phi) is 4.23. The quantitative estimate of drug-likeness (QED) is 0.382. The maximum absolute atomic E-state index is 12.7.